The monoisotopic (exact) mass is 286 g/mol. The van der Waals surface area contributed by atoms with Gasteiger partial charge in [-0.15, -0.1) is 0 Å². The lowest BCUT2D eigenvalue weighted by molar-refractivity contribution is 0.243. The second kappa shape index (κ2) is 6.55. The van der Waals surface area contributed by atoms with E-state index >= 15 is 0 Å². The second-order valence-electron chi connectivity index (χ2n) is 4.83. The van der Waals surface area contributed by atoms with Gasteiger partial charge in [-0.1, -0.05) is 11.6 Å². The highest BCUT2D eigenvalue weighted by atomic mass is 35.5. The van der Waals surface area contributed by atoms with E-state index in [0.29, 0.717) is 11.3 Å². The van der Waals surface area contributed by atoms with E-state index < -0.39 is 0 Å². The molecule has 0 radical (unpaired) electrons. The number of piperazine rings is 1. The van der Waals surface area contributed by atoms with Crippen LogP contribution in [0.5, 0.6) is 5.75 Å². The molecule has 0 amide bonds. The Morgan fingerprint density at radius 1 is 1.42 bits per heavy atom. The molecule has 0 atom stereocenters. The number of hydrogen-bond donors (Lipinski definition) is 1. The number of methoxy groups -OCH3 is 1. The van der Waals surface area contributed by atoms with Crippen LogP contribution in [0.4, 0.5) is 4.39 Å². The van der Waals surface area contributed by atoms with E-state index in [0.717, 1.165) is 44.7 Å². The molecule has 1 aliphatic heterocycles. The van der Waals surface area contributed by atoms with Crippen molar-refractivity contribution in [1.82, 2.24) is 10.2 Å². The summed E-state index contributed by atoms with van der Waals surface area (Å²) in [5.41, 5.74) is 1.47. The van der Waals surface area contributed by atoms with E-state index in [1.165, 1.54) is 0 Å². The van der Waals surface area contributed by atoms with Crippen LogP contribution in [0.2, 0.25) is 5.02 Å². The molecule has 1 saturated heterocycles. The van der Waals surface area contributed by atoms with Gasteiger partial charge in [-0.05, 0) is 25.0 Å². The Morgan fingerprint density at radius 3 is 2.74 bits per heavy atom. The Labute approximate surface area is 118 Å². The fourth-order valence-corrected chi connectivity index (χ4v) is 2.76. The quantitative estimate of drug-likeness (QED) is 0.919. The molecule has 19 heavy (non-hydrogen) atoms. The van der Waals surface area contributed by atoms with E-state index in [-0.39, 0.29) is 10.8 Å². The molecule has 0 saturated carbocycles. The maximum absolute atomic E-state index is 13.7. The van der Waals surface area contributed by atoms with Crippen LogP contribution >= 0.6 is 11.6 Å². The van der Waals surface area contributed by atoms with Crippen LogP contribution in [0.3, 0.4) is 0 Å². The number of nitrogens with one attached hydrogen (secondary N) is 1. The number of halogens is 2. The summed E-state index contributed by atoms with van der Waals surface area (Å²) in [4.78, 5) is 2.39. The summed E-state index contributed by atoms with van der Waals surface area (Å²) in [6, 6.07) is 1.69. The first kappa shape index (κ1) is 14.6. The maximum atomic E-state index is 13.7. The lowest BCUT2D eigenvalue weighted by atomic mass is 10.1. The minimum Gasteiger partial charge on any atom is -0.496 e. The van der Waals surface area contributed by atoms with Crippen LogP contribution in [0.1, 0.15) is 11.1 Å². The summed E-state index contributed by atoms with van der Waals surface area (Å²) in [7, 11) is 1.57. The average Bonchev–Trinajstić information content (AvgIpc) is 2.44. The molecule has 0 aromatic heterocycles. The molecule has 1 aliphatic rings. The van der Waals surface area contributed by atoms with Gasteiger partial charge in [-0.3, -0.25) is 0 Å². The van der Waals surface area contributed by atoms with Gasteiger partial charge < -0.3 is 15.0 Å². The molecule has 0 unspecified atom stereocenters. The third-order valence-corrected chi connectivity index (χ3v) is 3.86. The van der Waals surface area contributed by atoms with Gasteiger partial charge in [-0.2, -0.15) is 0 Å². The van der Waals surface area contributed by atoms with Crippen LogP contribution in [0, 0.1) is 12.7 Å². The highest BCUT2D eigenvalue weighted by Crippen LogP contribution is 2.31. The topological polar surface area (TPSA) is 24.5 Å². The number of rotatable bonds is 4. The SMILES string of the molecule is COc1c(CCN2CCNCC2)cc(Cl)c(F)c1C. The van der Waals surface area contributed by atoms with Crippen LogP contribution in [0.25, 0.3) is 0 Å². The molecule has 5 heteroatoms. The highest BCUT2D eigenvalue weighted by Gasteiger charge is 2.16. The summed E-state index contributed by atoms with van der Waals surface area (Å²) in [5.74, 6) is 0.237. The second-order valence-corrected chi connectivity index (χ2v) is 5.24. The Morgan fingerprint density at radius 2 is 2.11 bits per heavy atom. The van der Waals surface area contributed by atoms with Gasteiger partial charge in [-0.25, -0.2) is 4.39 Å². The predicted octanol–water partition coefficient (Wildman–Crippen LogP) is 2.24. The van der Waals surface area contributed by atoms with Crippen molar-refractivity contribution in [1.29, 1.82) is 0 Å². The van der Waals surface area contributed by atoms with Crippen LogP contribution < -0.4 is 10.1 Å². The van der Waals surface area contributed by atoms with Gasteiger partial charge in [0.15, 0.2) is 0 Å². The van der Waals surface area contributed by atoms with E-state index in [1.807, 2.05) is 0 Å². The zero-order chi connectivity index (χ0) is 13.8. The molecular formula is C14H20ClFN2O. The zero-order valence-corrected chi connectivity index (χ0v) is 12.2. The third-order valence-electron chi connectivity index (χ3n) is 3.58. The van der Waals surface area contributed by atoms with Crippen molar-refractivity contribution < 1.29 is 9.13 Å². The summed E-state index contributed by atoms with van der Waals surface area (Å²) < 4.78 is 19.0. The lowest BCUT2D eigenvalue weighted by Gasteiger charge is -2.27. The fraction of sp³-hybridized carbons (Fsp3) is 0.571. The van der Waals surface area contributed by atoms with Gasteiger partial charge in [0.25, 0.3) is 0 Å². The van der Waals surface area contributed by atoms with Crippen LogP contribution in [-0.2, 0) is 6.42 Å². The molecule has 3 nitrogen and oxygen atoms in total. The molecule has 0 bridgehead atoms. The van der Waals surface area contributed by atoms with Crippen molar-refractivity contribution in [2.75, 3.05) is 39.8 Å². The standard InChI is InChI=1S/C14H20ClFN2O/c1-10-13(16)12(15)9-11(14(10)19-2)3-6-18-7-4-17-5-8-18/h9,17H,3-8H2,1-2H3. The highest BCUT2D eigenvalue weighted by molar-refractivity contribution is 6.30. The molecule has 1 aromatic rings. The van der Waals surface area contributed by atoms with E-state index in [2.05, 4.69) is 10.2 Å². The van der Waals surface area contributed by atoms with Gasteiger partial charge in [0, 0.05) is 38.3 Å². The summed E-state index contributed by atoms with van der Waals surface area (Å²) in [6.07, 6.45) is 0.823. The van der Waals surface area contributed by atoms with Gasteiger partial charge >= 0.3 is 0 Å². The smallest absolute Gasteiger partial charge is 0.148 e. The van der Waals surface area contributed by atoms with E-state index in [4.69, 9.17) is 16.3 Å². The Kier molecular flexibility index (Phi) is 5.02. The third kappa shape index (κ3) is 3.38. The molecule has 0 aliphatic carbocycles. The number of benzene rings is 1. The van der Waals surface area contributed by atoms with Gasteiger partial charge in [0.2, 0.25) is 0 Å². The molecule has 106 valence electrons. The van der Waals surface area contributed by atoms with Crippen molar-refractivity contribution in [3.8, 4) is 5.75 Å². The van der Waals surface area contributed by atoms with Crippen LogP contribution in [-0.4, -0.2) is 44.7 Å². The Bertz CT molecular complexity index is 448. The van der Waals surface area contributed by atoms with E-state index in [1.54, 1.807) is 20.1 Å². The molecule has 1 aromatic carbocycles. The van der Waals surface area contributed by atoms with Crippen molar-refractivity contribution >= 4 is 11.6 Å². The largest absolute Gasteiger partial charge is 0.496 e. The van der Waals surface area contributed by atoms with Crippen molar-refractivity contribution in [2.24, 2.45) is 0 Å². The normalized spacial score (nSPS) is 16.6. The Hall–Kier alpha value is -0.840. The first-order chi connectivity index (χ1) is 9.13. The summed E-state index contributed by atoms with van der Waals surface area (Å²) in [5, 5.41) is 3.50. The molecule has 1 N–H and O–H groups in total. The summed E-state index contributed by atoms with van der Waals surface area (Å²) in [6.45, 7) is 6.81. The molecule has 1 heterocycles. The van der Waals surface area contributed by atoms with Gasteiger partial charge in [0.05, 0.1) is 12.1 Å². The maximum Gasteiger partial charge on any atom is 0.148 e. The van der Waals surface area contributed by atoms with Crippen molar-refractivity contribution in [3.63, 3.8) is 0 Å². The zero-order valence-electron chi connectivity index (χ0n) is 11.4. The van der Waals surface area contributed by atoms with Crippen LogP contribution in [0.15, 0.2) is 6.07 Å². The predicted molar refractivity (Wildman–Crippen MR) is 75.7 cm³/mol. The first-order valence-corrected chi connectivity index (χ1v) is 6.95. The van der Waals surface area contributed by atoms with Gasteiger partial charge in [0.1, 0.15) is 11.6 Å². The summed E-state index contributed by atoms with van der Waals surface area (Å²) >= 11 is 5.92. The molecule has 2 rings (SSSR count). The molecule has 1 fully saturated rings. The molecular weight excluding hydrogens is 267 g/mol. The van der Waals surface area contributed by atoms with Crippen molar-refractivity contribution in [3.05, 3.63) is 28.0 Å². The minimum absolute atomic E-state index is 0.175. The lowest BCUT2D eigenvalue weighted by Crippen LogP contribution is -2.44. The number of ether oxygens (including phenoxy) is 1. The number of nitrogens with zero attached hydrogens (tertiary/aromatic N) is 1. The average molecular weight is 287 g/mol. The number of hydrogen-bond acceptors (Lipinski definition) is 3. The fourth-order valence-electron chi connectivity index (χ4n) is 2.48. The van der Waals surface area contributed by atoms with E-state index in [9.17, 15) is 4.39 Å². The minimum atomic E-state index is -0.385. The first-order valence-electron chi connectivity index (χ1n) is 6.58. The Balaban J connectivity index is 2.10. The molecule has 0 spiro atoms. The van der Waals surface area contributed by atoms with Crippen molar-refractivity contribution in [2.45, 2.75) is 13.3 Å².